The summed E-state index contributed by atoms with van der Waals surface area (Å²) in [7, 11) is 1.53. The molecule has 33 heavy (non-hydrogen) atoms. The summed E-state index contributed by atoms with van der Waals surface area (Å²) in [5.41, 5.74) is 1.74. The number of hydrogen-bond donors (Lipinski definition) is 2. The van der Waals surface area contributed by atoms with Gasteiger partial charge in [-0.25, -0.2) is 0 Å². The fraction of sp³-hybridized carbons (Fsp3) is 0.0400. The number of carbonyl (C=O) groups is 2. The average Bonchev–Trinajstić information content (AvgIpc) is 2.85. The van der Waals surface area contributed by atoms with Crippen LogP contribution in [-0.2, 0) is 0 Å². The number of carbonyl (C=O) groups excluding carboxylic acids is 2. The van der Waals surface area contributed by atoms with Crippen LogP contribution in [0.5, 0.6) is 5.75 Å². The Balaban J connectivity index is 1.46. The van der Waals surface area contributed by atoms with E-state index in [1.165, 1.54) is 23.9 Å². The predicted molar refractivity (Wildman–Crippen MR) is 125 cm³/mol. The summed E-state index contributed by atoms with van der Waals surface area (Å²) in [4.78, 5) is 37.4. The number of hydrogen-bond acceptors (Lipinski definition) is 5. The summed E-state index contributed by atoms with van der Waals surface area (Å²) in [5, 5.41) is 9.68. The molecule has 2 amide bonds. The van der Waals surface area contributed by atoms with Gasteiger partial charge in [0.05, 0.1) is 18.5 Å². The second kappa shape index (κ2) is 9.61. The largest absolute Gasteiger partial charge is 0.495 e. The molecule has 8 heteroatoms. The molecule has 2 N–H and O–H groups in total. The summed E-state index contributed by atoms with van der Waals surface area (Å²) in [6, 6.07) is 25.0. The van der Waals surface area contributed by atoms with Gasteiger partial charge in [-0.05, 0) is 54.6 Å². The van der Waals surface area contributed by atoms with Crippen LogP contribution in [0.3, 0.4) is 0 Å². The zero-order valence-electron chi connectivity index (χ0n) is 17.7. The molecule has 1 heterocycles. The van der Waals surface area contributed by atoms with E-state index in [0.29, 0.717) is 28.4 Å². The van der Waals surface area contributed by atoms with Crippen molar-refractivity contribution in [1.29, 1.82) is 0 Å². The Hall–Kier alpha value is -4.72. The number of para-hydroxylation sites is 3. The second-order valence-corrected chi connectivity index (χ2v) is 6.99. The zero-order chi connectivity index (χ0) is 23.2. The highest BCUT2D eigenvalue weighted by Gasteiger charge is 2.13. The lowest BCUT2D eigenvalue weighted by Crippen LogP contribution is -2.24. The number of benzene rings is 3. The molecule has 0 saturated heterocycles. The van der Waals surface area contributed by atoms with Gasteiger partial charge in [0.25, 0.3) is 17.4 Å². The first-order valence-corrected chi connectivity index (χ1v) is 10.1. The van der Waals surface area contributed by atoms with Gasteiger partial charge in [0.1, 0.15) is 11.4 Å². The number of nitrogens with zero attached hydrogens (tertiary/aromatic N) is 2. The van der Waals surface area contributed by atoms with Crippen LogP contribution >= 0.6 is 0 Å². The lowest BCUT2D eigenvalue weighted by Gasteiger charge is -2.10. The van der Waals surface area contributed by atoms with Crippen LogP contribution in [0.1, 0.15) is 20.8 Å². The summed E-state index contributed by atoms with van der Waals surface area (Å²) in [5.74, 6) is -0.237. The van der Waals surface area contributed by atoms with E-state index in [0.717, 1.165) is 0 Å². The van der Waals surface area contributed by atoms with Crippen molar-refractivity contribution in [2.75, 3.05) is 17.7 Å². The van der Waals surface area contributed by atoms with E-state index in [4.69, 9.17) is 4.74 Å². The third-order valence-corrected chi connectivity index (χ3v) is 4.79. The van der Waals surface area contributed by atoms with Gasteiger partial charge < -0.3 is 15.4 Å². The highest BCUT2D eigenvalue weighted by atomic mass is 16.5. The van der Waals surface area contributed by atoms with Gasteiger partial charge in [-0.1, -0.05) is 30.3 Å². The molecular weight excluding hydrogens is 420 g/mol. The van der Waals surface area contributed by atoms with Crippen molar-refractivity contribution in [1.82, 2.24) is 9.78 Å². The summed E-state index contributed by atoms with van der Waals surface area (Å²) >= 11 is 0. The fourth-order valence-corrected chi connectivity index (χ4v) is 3.13. The number of ether oxygens (including phenoxy) is 1. The van der Waals surface area contributed by atoms with Crippen molar-refractivity contribution in [3.63, 3.8) is 0 Å². The second-order valence-electron chi connectivity index (χ2n) is 6.99. The van der Waals surface area contributed by atoms with E-state index in [1.54, 1.807) is 66.7 Å². The molecule has 4 aromatic rings. The Labute approximate surface area is 189 Å². The first-order valence-electron chi connectivity index (χ1n) is 10.1. The average molecular weight is 440 g/mol. The SMILES string of the molecule is COc1ccccc1NC(=O)c1ccc(NC(=O)c2ccc(=O)n(-c3ccccc3)n2)cc1. The van der Waals surface area contributed by atoms with Crippen molar-refractivity contribution in [3.05, 3.63) is 113 Å². The highest BCUT2D eigenvalue weighted by Crippen LogP contribution is 2.24. The molecule has 0 aliphatic rings. The standard InChI is InChI=1S/C25H20N4O4/c1-33-22-10-6-5-9-20(22)27-24(31)17-11-13-18(14-12-17)26-25(32)21-15-16-23(30)29(28-21)19-7-3-2-4-8-19/h2-16H,1H3,(H,26,32)(H,27,31). The molecule has 0 fully saturated rings. The third-order valence-electron chi connectivity index (χ3n) is 4.79. The molecule has 4 rings (SSSR count). The van der Waals surface area contributed by atoms with E-state index in [-0.39, 0.29) is 17.2 Å². The Morgan fingerprint density at radius 1 is 0.788 bits per heavy atom. The Bertz CT molecular complexity index is 1350. The number of nitrogens with one attached hydrogen (secondary N) is 2. The maximum atomic E-state index is 12.7. The number of aromatic nitrogens is 2. The lowest BCUT2D eigenvalue weighted by atomic mass is 10.2. The Kier molecular flexibility index (Phi) is 6.26. The molecule has 1 aromatic heterocycles. The van der Waals surface area contributed by atoms with Crippen LogP contribution in [0.25, 0.3) is 5.69 Å². The summed E-state index contributed by atoms with van der Waals surface area (Å²) < 4.78 is 6.41. The van der Waals surface area contributed by atoms with Crippen LogP contribution in [0, 0.1) is 0 Å². The first kappa shape index (κ1) is 21.5. The Morgan fingerprint density at radius 2 is 1.48 bits per heavy atom. The van der Waals surface area contributed by atoms with Crippen molar-refractivity contribution in [2.24, 2.45) is 0 Å². The van der Waals surface area contributed by atoms with Crippen LogP contribution in [0.15, 0.2) is 95.8 Å². The maximum Gasteiger partial charge on any atom is 0.276 e. The van der Waals surface area contributed by atoms with Crippen molar-refractivity contribution in [3.8, 4) is 11.4 Å². The highest BCUT2D eigenvalue weighted by molar-refractivity contribution is 6.06. The van der Waals surface area contributed by atoms with Gasteiger partial charge in [-0.2, -0.15) is 9.78 Å². The summed E-state index contributed by atoms with van der Waals surface area (Å²) in [6.45, 7) is 0. The first-order chi connectivity index (χ1) is 16.0. The zero-order valence-corrected chi connectivity index (χ0v) is 17.7. The van der Waals surface area contributed by atoms with E-state index in [2.05, 4.69) is 15.7 Å². The molecule has 0 atom stereocenters. The number of rotatable bonds is 6. The molecule has 164 valence electrons. The lowest BCUT2D eigenvalue weighted by molar-refractivity contribution is 0.101. The minimum absolute atomic E-state index is 0.0800. The van der Waals surface area contributed by atoms with Crippen LogP contribution in [0.4, 0.5) is 11.4 Å². The number of methoxy groups -OCH3 is 1. The van der Waals surface area contributed by atoms with E-state index in [1.807, 2.05) is 12.1 Å². The molecule has 0 bridgehead atoms. The maximum absolute atomic E-state index is 12.7. The van der Waals surface area contributed by atoms with Gasteiger partial charge in [-0.15, -0.1) is 0 Å². The molecule has 0 aliphatic carbocycles. The van der Waals surface area contributed by atoms with Crippen molar-refractivity contribution in [2.45, 2.75) is 0 Å². The smallest absolute Gasteiger partial charge is 0.276 e. The molecule has 0 spiro atoms. The van der Waals surface area contributed by atoms with Gasteiger partial charge in [0, 0.05) is 17.3 Å². The molecule has 0 saturated carbocycles. The minimum Gasteiger partial charge on any atom is -0.495 e. The topological polar surface area (TPSA) is 102 Å². The number of anilines is 2. The molecule has 0 radical (unpaired) electrons. The quantitative estimate of drug-likeness (QED) is 0.476. The van der Waals surface area contributed by atoms with Crippen LogP contribution < -0.4 is 20.9 Å². The van der Waals surface area contributed by atoms with E-state index in [9.17, 15) is 14.4 Å². The third kappa shape index (κ3) is 4.96. The fourth-order valence-electron chi connectivity index (χ4n) is 3.13. The minimum atomic E-state index is -0.481. The molecular formula is C25H20N4O4. The normalized spacial score (nSPS) is 10.3. The van der Waals surface area contributed by atoms with Crippen LogP contribution in [-0.4, -0.2) is 28.7 Å². The van der Waals surface area contributed by atoms with Crippen molar-refractivity contribution >= 4 is 23.2 Å². The van der Waals surface area contributed by atoms with Crippen molar-refractivity contribution < 1.29 is 14.3 Å². The van der Waals surface area contributed by atoms with E-state index < -0.39 is 5.91 Å². The molecule has 3 aromatic carbocycles. The van der Waals surface area contributed by atoms with Crippen LogP contribution in [0.2, 0.25) is 0 Å². The molecule has 0 unspecified atom stereocenters. The van der Waals surface area contributed by atoms with Gasteiger partial charge in [0.2, 0.25) is 0 Å². The number of amides is 2. The summed E-state index contributed by atoms with van der Waals surface area (Å²) in [6.07, 6.45) is 0. The van der Waals surface area contributed by atoms with Gasteiger partial charge >= 0.3 is 0 Å². The van der Waals surface area contributed by atoms with Gasteiger partial charge in [0.15, 0.2) is 0 Å². The monoisotopic (exact) mass is 440 g/mol. The van der Waals surface area contributed by atoms with E-state index >= 15 is 0 Å². The molecule has 8 nitrogen and oxygen atoms in total. The van der Waals surface area contributed by atoms with Gasteiger partial charge in [-0.3, -0.25) is 14.4 Å². The predicted octanol–water partition coefficient (Wildman–Crippen LogP) is 3.75. The Morgan fingerprint density at radius 3 is 2.21 bits per heavy atom. The molecule has 0 aliphatic heterocycles.